The Balaban J connectivity index is 1.02. The Morgan fingerprint density at radius 3 is 1.18 bits per heavy atom. The fraction of sp³-hybridized carbons (Fsp3) is 0.0169. The molecule has 1 heterocycles. The molecular formula is C59H38N2. The SMILES string of the molecule is c1ccc(-c2cc(-c3ccccc3)cc(-c3cc(-c4ccccc4)nc(-c4cccc(-c5ccc6c(c5)C5(c7ccccc7-c7ccccc75)c5ccccc5-6)c4)n3)c2)cc1. The van der Waals surface area contributed by atoms with Crippen LogP contribution in [0.1, 0.15) is 22.3 Å². The Bertz CT molecular complexity index is 3170. The summed E-state index contributed by atoms with van der Waals surface area (Å²) in [5.41, 5.74) is 21.9. The Labute approximate surface area is 356 Å². The number of aromatic nitrogens is 2. The molecule has 0 saturated carbocycles. The molecule has 0 amide bonds. The van der Waals surface area contributed by atoms with Gasteiger partial charge in [0.25, 0.3) is 0 Å². The summed E-state index contributed by atoms with van der Waals surface area (Å²) < 4.78 is 0. The van der Waals surface area contributed by atoms with Gasteiger partial charge in [0, 0.05) is 16.7 Å². The Morgan fingerprint density at radius 1 is 0.230 bits per heavy atom. The van der Waals surface area contributed by atoms with Crippen LogP contribution in [-0.2, 0) is 5.41 Å². The first-order chi connectivity index (χ1) is 30.2. The predicted octanol–water partition coefficient (Wildman–Crippen LogP) is 14.8. The van der Waals surface area contributed by atoms with E-state index in [1.54, 1.807) is 0 Å². The van der Waals surface area contributed by atoms with Gasteiger partial charge in [-0.25, -0.2) is 9.97 Å². The summed E-state index contributed by atoms with van der Waals surface area (Å²) >= 11 is 0. The lowest BCUT2D eigenvalue weighted by Gasteiger charge is -2.30. The Kier molecular flexibility index (Phi) is 8.11. The second-order valence-electron chi connectivity index (χ2n) is 16.1. The molecule has 0 N–H and O–H groups in total. The average molecular weight is 775 g/mol. The van der Waals surface area contributed by atoms with Crippen LogP contribution in [0.15, 0.2) is 231 Å². The molecule has 0 atom stereocenters. The van der Waals surface area contributed by atoms with Gasteiger partial charge in [-0.1, -0.05) is 194 Å². The molecule has 284 valence electrons. The molecule has 2 aliphatic carbocycles. The molecule has 0 saturated heterocycles. The van der Waals surface area contributed by atoms with Gasteiger partial charge in [-0.15, -0.1) is 0 Å². The fourth-order valence-electron chi connectivity index (χ4n) is 9.96. The van der Waals surface area contributed by atoms with Gasteiger partial charge in [0.1, 0.15) is 0 Å². The molecule has 10 aromatic rings. The van der Waals surface area contributed by atoms with Gasteiger partial charge >= 0.3 is 0 Å². The second kappa shape index (κ2) is 14.1. The smallest absolute Gasteiger partial charge is 0.160 e. The highest BCUT2D eigenvalue weighted by molar-refractivity contribution is 5.96. The largest absolute Gasteiger partial charge is 0.228 e. The number of fused-ring (bicyclic) bond motifs is 10. The fourth-order valence-corrected chi connectivity index (χ4v) is 9.96. The lowest BCUT2D eigenvalue weighted by Crippen LogP contribution is -2.25. The van der Waals surface area contributed by atoms with E-state index in [1.807, 2.05) is 6.07 Å². The van der Waals surface area contributed by atoms with Gasteiger partial charge < -0.3 is 0 Å². The number of benzene rings is 9. The summed E-state index contributed by atoms with van der Waals surface area (Å²) in [5, 5.41) is 0. The number of rotatable bonds is 6. The average Bonchev–Trinajstić information content (AvgIpc) is 3.82. The van der Waals surface area contributed by atoms with Crippen molar-refractivity contribution in [2.24, 2.45) is 0 Å². The summed E-state index contributed by atoms with van der Waals surface area (Å²) in [4.78, 5) is 10.7. The van der Waals surface area contributed by atoms with Gasteiger partial charge in [0.2, 0.25) is 0 Å². The van der Waals surface area contributed by atoms with E-state index >= 15 is 0 Å². The maximum Gasteiger partial charge on any atom is 0.160 e. The third-order valence-corrected chi connectivity index (χ3v) is 12.7. The molecule has 2 aliphatic rings. The maximum absolute atomic E-state index is 5.39. The monoisotopic (exact) mass is 774 g/mol. The number of hydrogen-bond acceptors (Lipinski definition) is 2. The van der Waals surface area contributed by atoms with Crippen molar-refractivity contribution < 1.29 is 0 Å². The highest BCUT2D eigenvalue weighted by Gasteiger charge is 2.51. The summed E-state index contributed by atoms with van der Waals surface area (Å²) in [6.07, 6.45) is 0. The van der Waals surface area contributed by atoms with E-state index in [9.17, 15) is 0 Å². The van der Waals surface area contributed by atoms with E-state index in [0.717, 1.165) is 61.5 Å². The highest BCUT2D eigenvalue weighted by atomic mass is 14.9. The van der Waals surface area contributed by atoms with Crippen LogP contribution >= 0.6 is 0 Å². The predicted molar refractivity (Wildman–Crippen MR) is 251 cm³/mol. The topological polar surface area (TPSA) is 25.8 Å². The van der Waals surface area contributed by atoms with Crippen molar-refractivity contribution in [1.82, 2.24) is 9.97 Å². The van der Waals surface area contributed by atoms with Crippen molar-refractivity contribution in [3.05, 3.63) is 253 Å². The minimum Gasteiger partial charge on any atom is -0.228 e. The molecule has 0 unspecified atom stereocenters. The van der Waals surface area contributed by atoms with E-state index in [1.165, 1.54) is 44.5 Å². The van der Waals surface area contributed by atoms with E-state index in [2.05, 4.69) is 224 Å². The number of nitrogens with zero attached hydrogens (tertiary/aromatic N) is 2. The summed E-state index contributed by atoms with van der Waals surface area (Å²) in [6, 6.07) is 83.3. The van der Waals surface area contributed by atoms with Gasteiger partial charge in [0.15, 0.2) is 5.82 Å². The minimum atomic E-state index is -0.401. The summed E-state index contributed by atoms with van der Waals surface area (Å²) in [5.74, 6) is 0.688. The second-order valence-corrected chi connectivity index (χ2v) is 16.1. The van der Waals surface area contributed by atoms with Crippen LogP contribution in [0.4, 0.5) is 0 Å². The van der Waals surface area contributed by atoms with E-state index in [-0.39, 0.29) is 0 Å². The third kappa shape index (κ3) is 5.64. The van der Waals surface area contributed by atoms with Crippen LogP contribution in [0.25, 0.3) is 89.5 Å². The van der Waals surface area contributed by atoms with Crippen molar-refractivity contribution in [2.45, 2.75) is 5.41 Å². The van der Waals surface area contributed by atoms with Crippen molar-refractivity contribution in [2.75, 3.05) is 0 Å². The van der Waals surface area contributed by atoms with Crippen LogP contribution in [0.2, 0.25) is 0 Å². The van der Waals surface area contributed by atoms with Crippen LogP contribution in [0, 0.1) is 0 Å². The zero-order valence-electron chi connectivity index (χ0n) is 33.3. The molecule has 1 aromatic heterocycles. The third-order valence-electron chi connectivity index (χ3n) is 12.7. The van der Waals surface area contributed by atoms with E-state index < -0.39 is 5.41 Å². The van der Waals surface area contributed by atoms with Crippen molar-refractivity contribution >= 4 is 0 Å². The van der Waals surface area contributed by atoms with Crippen molar-refractivity contribution in [3.8, 4) is 89.5 Å². The zero-order valence-corrected chi connectivity index (χ0v) is 33.3. The standard InChI is InChI=1S/C59H38N2/c1-4-17-39(18-5-1)45-34-46(40-19-6-2-7-20-40)36-47(35-45)57-38-56(41-21-8-3-9-22-41)60-58(61-57)44-24-16-23-42(33-44)43-31-32-51-50-27-12-15-30-54(50)59(55(51)37-43)52-28-13-10-25-48(52)49-26-11-14-29-53(49)59/h1-38H. The van der Waals surface area contributed by atoms with Crippen molar-refractivity contribution in [3.63, 3.8) is 0 Å². The molecule has 2 heteroatoms. The van der Waals surface area contributed by atoms with E-state index in [0.29, 0.717) is 5.82 Å². The molecule has 2 nitrogen and oxygen atoms in total. The van der Waals surface area contributed by atoms with Crippen LogP contribution < -0.4 is 0 Å². The molecule has 0 aliphatic heterocycles. The lowest BCUT2D eigenvalue weighted by molar-refractivity contribution is 0.794. The Hall–Kier alpha value is -7.94. The lowest BCUT2D eigenvalue weighted by atomic mass is 9.70. The Morgan fingerprint density at radius 2 is 0.623 bits per heavy atom. The van der Waals surface area contributed by atoms with Gasteiger partial charge in [-0.3, -0.25) is 0 Å². The van der Waals surface area contributed by atoms with Crippen LogP contribution in [0.5, 0.6) is 0 Å². The molecule has 0 bridgehead atoms. The normalized spacial score (nSPS) is 12.7. The first kappa shape index (κ1) is 35.0. The molecule has 1 spiro atoms. The van der Waals surface area contributed by atoms with Crippen molar-refractivity contribution in [1.29, 1.82) is 0 Å². The summed E-state index contributed by atoms with van der Waals surface area (Å²) in [7, 11) is 0. The molecular weight excluding hydrogens is 737 g/mol. The molecule has 0 fully saturated rings. The molecule has 61 heavy (non-hydrogen) atoms. The highest BCUT2D eigenvalue weighted by Crippen LogP contribution is 2.63. The maximum atomic E-state index is 5.39. The molecule has 12 rings (SSSR count). The van der Waals surface area contributed by atoms with Gasteiger partial charge in [-0.05, 0) is 114 Å². The number of hydrogen-bond donors (Lipinski definition) is 0. The van der Waals surface area contributed by atoms with Crippen LogP contribution in [0.3, 0.4) is 0 Å². The first-order valence-electron chi connectivity index (χ1n) is 21.0. The summed E-state index contributed by atoms with van der Waals surface area (Å²) in [6.45, 7) is 0. The van der Waals surface area contributed by atoms with Gasteiger partial charge in [-0.2, -0.15) is 0 Å². The van der Waals surface area contributed by atoms with E-state index in [4.69, 9.17) is 9.97 Å². The van der Waals surface area contributed by atoms with Gasteiger partial charge in [0.05, 0.1) is 16.8 Å². The molecule has 0 radical (unpaired) electrons. The first-order valence-corrected chi connectivity index (χ1v) is 21.0. The zero-order chi connectivity index (χ0) is 40.3. The minimum absolute atomic E-state index is 0.401. The quantitative estimate of drug-likeness (QED) is 0.168. The molecule has 9 aromatic carbocycles. The van der Waals surface area contributed by atoms with Crippen LogP contribution in [-0.4, -0.2) is 9.97 Å².